The topological polar surface area (TPSA) is 55.4 Å². The molecular weight excluding hydrogens is 329 g/mol. The molecule has 0 heterocycles. The molecule has 2 atom stereocenters. The number of nitrogens with one attached hydrogen (secondary N) is 1. The van der Waals surface area contributed by atoms with Gasteiger partial charge in [-0.25, -0.2) is 4.39 Å². The highest BCUT2D eigenvalue weighted by Gasteiger charge is 2.13. The number of hydrogen-bond donors (Lipinski definition) is 1. The number of benzene rings is 2. The minimum Gasteiger partial charge on any atom is -0.497 e. The van der Waals surface area contributed by atoms with Crippen molar-refractivity contribution >= 4 is 16.7 Å². The molecule has 2 aromatic carbocycles. The van der Waals surface area contributed by atoms with Crippen molar-refractivity contribution in [3.63, 3.8) is 0 Å². The molecule has 6 heteroatoms. The molecule has 1 amide bonds. The van der Waals surface area contributed by atoms with Crippen molar-refractivity contribution in [1.29, 1.82) is 0 Å². The lowest BCUT2D eigenvalue weighted by molar-refractivity contribution is -0.119. The van der Waals surface area contributed by atoms with Gasteiger partial charge < -0.3 is 10.1 Å². The summed E-state index contributed by atoms with van der Waals surface area (Å²) < 4.78 is 30.2. The number of rotatable bonds is 7. The van der Waals surface area contributed by atoms with Gasteiger partial charge in [0.15, 0.2) is 0 Å². The lowest BCUT2D eigenvalue weighted by Crippen LogP contribution is -2.31. The maximum Gasteiger partial charge on any atom is 0.233 e. The highest BCUT2D eigenvalue weighted by molar-refractivity contribution is 7.84. The third kappa shape index (κ3) is 5.45. The second-order valence-electron chi connectivity index (χ2n) is 5.42. The van der Waals surface area contributed by atoms with Crippen LogP contribution in [0.4, 0.5) is 4.39 Å². The van der Waals surface area contributed by atoms with E-state index in [9.17, 15) is 13.4 Å². The fourth-order valence-electron chi connectivity index (χ4n) is 2.26. The Morgan fingerprint density at radius 3 is 2.62 bits per heavy atom. The van der Waals surface area contributed by atoms with Gasteiger partial charge in [0, 0.05) is 16.6 Å². The van der Waals surface area contributed by atoms with Gasteiger partial charge in [0.25, 0.3) is 0 Å². The zero-order valence-corrected chi connectivity index (χ0v) is 14.4. The van der Waals surface area contributed by atoms with Crippen LogP contribution in [-0.2, 0) is 21.3 Å². The van der Waals surface area contributed by atoms with Crippen LogP contribution >= 0.6 is 0 Å². The summed E-state index contributed by atoms with van der Waals surface area (Å²) in [5.74, 6) is 0.279. The van der Waals surface area contributed by atoms with E-state index in [1.165, 1.54) is 12.1 Å². The van der Waals surface area contributed by atoms with E-state index < -0.39 is 10.8 Å². The quantitative estimate of drug-likeness (QED) is 0.836. The average molecular weight is 349 g/mol. The molecule has 0 saturated heterocycles. The molecule has 0 bridgehead atoms. The zero-order valence-electron chi connectivity index (χ0n) is 13.6. The number of amides is 1. The summed E-state index contributed by atoms with van der Waals surface area (Å²) in [5.41, 5.74) is 1.65. The minimum absolute atomic E-state index is 0.0806. The smallest absolute Gasteiger partial charge is 0.233 e. The molecule has 24 heavy (non-hydrogen) atoms. The maximum atomic E-state index is 12.9. The van der Waals surface area contributed by atoms with Gasteiger partial charge in [0.2, 0.25) is 5.91 Å². The molecule has 0 aromatic heterocycles. The van der Waals surface area contributed by atoms with Crippen LogP contribution in [0.1, 0.15) is 24.1 Å². The van der Waals surface area contributed by atoms with Crippen molar-refractivity contribution in [2.75, 3.05) is 12.9 Å². The normalized spacial score (nSPS) is 13.1. The standard InChI is InChI=1S/C18H20FNO3S/c1-13(15-6-8-16(19)9-7-15)20-18(21)12-24(22)11-14-4-3-5-17(10-14)23-2/h3-10,13H,11-12H2,1-2H3,(H,20,21)/t13-,24+/m0/s1. The first-order valence-corrected chi connectivity index (χ1v) is 8.99. The Hall–Kier alpha value is -2.21. The van der Waals surface area contributed by atoms with Crippen LogP contribution in [0.25, 0.3) is 0 Å². The Morgan fingerprint density at radius 1 is 1.25 bits per heavy atom. The van der Waals surface area contributed by atoms with Crippen LogP contribution < -0.4 is 10.1 Å². The number of methoxy groups -OCH3 is 1. The van der Waals surface area contributed by atoms with E-state index in [1.807, 2.05) is 18.2 Å². The van der Waals surface area contributed by atoms with Crippen LogP contribution in [0.15, 0.2) is 48.5 Å². The average Bonchev–Trinajstić information content (AvgIpc) is 2.55. The maximum absolute atomic E-state index is 12.9. The SMILES string of the molecule is COc1cccc(C[S@@](=O)CC(=O)N[C@@H](C)c2ccc(F)cc2)c1. The third-order valence-electron chi connectivity index (χ3n) is 3.50. The van der Waals surface area contributed by atoms with Crippen LogP contribution in [0, 0.1) is 5.82 Å². The number of hydrogen-bond acceptors (Lipinski definition) is 3. The summed E-state index contributed by atoms with van der Waals surface area (Å²) in [6.45, 7) is 1.80. The van der Waals surface area contributed by atoms with E-state index in [1.54, 1.807) is 32.2 Å². The molecule has 0 aliphatic carbocycles. The molecule has 0 radical (unpaired) electrons. The van der Waals surface area contributed by atoms with Crippen molar-refractivity contribution in [2.45, 2.75) is 18.7 Å². The molecule has 4 nitrogen and oxygen atoms in total. The molecule has 0 unspecified atom stereocenters. The van der Waals surface area contributed by atoms with Crippen molar-refractivity contribution < 1.29 is 18.1 Å². The van der Waals surface area contributed by atoms with Gasteiger partial charge in [-0.1, -0.05) is 24.3 Å². The van der Waals surface area contributed by atoms with Gasteiger partial charge in [0.05, 0.1) is 13.2 Å². The second kappa shape index (κ2) is 8.59. The number of halogens is 1. The van der Waals surface area contributed by atoms with Crippen molar-refractivity contribution in [3.8, 4) is 5.75 Å². The molecule has 2 aromatic rings. The summed E-state index contributed by atoms with van der Waals surface area (Å²) in [6.07, 6.45) is 0. The molecule has 0 saturated carbocycles. The van der Waals surface area contributed by atoms with Crippen LogP contribution in [0.3, 0.4) is 0 Å². The Labute approximate surface area is 143 Å². The first-order chi connectivity index (χ1) is 11.5. The zero-order chi connectivity index (χ0) is 17.5. The fourth-order valence-corrected chi connectivity index (χ4v) is 3.29. The number of carbonyl (C=O) groups excluding carboxylic acids is 1. The molecule has 0 spiro atoms. The van der Waals surface area contributed by atoms with E-state index >= 15 is 0 Å². The molecular formula is C18H20FNO3S. The molecule has 0 fully saturated rings. The highest BCUT2D eigenvalue weighted by Crippen LogP contribution is 2.15. The van der Waals surface area contributed by atoms with Gasteiger partial charge >= 0.3 is 0 Å². The van der Waals surface area contributed by atoms with Gasteiger partial charge in [-0.15, -0.1) is 0 Å². The highest BCUT2D eigenvalue weighted by atomic mass is 32.2. The molecule has 0 aliphatic rings. The molecule has 128 valence electrons. The molecule has 2 rings (SSSR count). The van der Waals surface area contributed by atoms with E-state index in [2.05, 4.69) is 5.32 Å². The first-order valence-electron chi connectivity index (χ1n) is 7.50. The summed E-state index contributed by atoms with van der Waals surface area (Å²) >= 11 is 0. The van der Waals surface area contributed by atoms with Crippen LogP contribution in [0.2, 0.25) is 0 Å². The van der Waals surface area contributed by atoms with Gasteiger partial charge in [-0.05, 0) is 42.3 Å². The summed E-state index contributed by atoms with van der Waals surface area (Å²) in [6, 6.07) is 12.9. The summed E-state index contributed by atoms with van der Waals surface area (Å²) in [4.78, 5) is 12.0. The monoisotopic (exact) mass is 349 g/mol. The fraction of sp³-hybridized carbons (Fsp3) is 0.278. The summed E-state index contributed by atoms with van der Waals surface area (Å²) in [7, 11) is 0.254. The predicted octanol–water partition coefficient (Wildman–Crippen LogP) is 2.96. The lowest BCUT2D eigenvalue weighted by atomic mass is 10.1. The molecule has 0 aliphatic heterocycles. The first kappa shape index (κ1) is 18.1. The van der Waals surface area contributed by atoms with Gasteiger partial charge in [0.1, 0.15) is 17.3 Å². The van der Waals surface area contributed by atoms with Crippen molar-refractivity contribution in [1.82, 2.24) is 5.32 Å². The summed E-state index contributed by atoms with van der Waals surface area (Å²) in [5, 5.41) is 2.78. The Bertz CT molecular complexity index is 718. The second-order valence-corrected chi connectivity index (χ2v) is 6.88. The Balaban J connectivity index is 1.86. The van der Waals surface area contributed by atoms with E-state index in [0.717, 1.165) is 11.1 Å². The van der Waals surface area contributed by atoms with Gasteiger partial charge in [-0.3, -0.25) is 9.00 Å². The number of ether oxygens (including phenoxy) is 1. The lowest BCUT2D eigenvalue weighted by Gasteiger charge is -2.14. The Morgan fingerprint density at radius 2 is 1.96 bits per heavy atom. The van der Waals surface area contributed by atoms with Crippen LogP contribution in [0.5, 0.6) is 5.75 Å². The Kier molecular flexibility index (Phi) is 6.49. The third-order valence-corrected chi connectivity index (χ3v) is 4.74. The van der Waals surface area contributed by atoms with Crippen LogP contribution in [-0.4, -0.2) is 23.0 Å². The van der Waals surface area contributed by atoms with Crippen molar-refractivity contribution in [3.05, 3.63) is 65.5 Å². The van der Waals surface area contributed by atoms with E-state index in [4.69, 9.17) is 4.74 Å². The van der Waals surface area contributed by atoms with E-state index in [-0.39, 0.29) is 29.3 Å². The molecule has 1 N–H and O–H groups in total. The van der Waals surface area contributed by atoms with Crippen molar-refractivity contribution in [2.24, 2.45) is 0 Å². The largest absolute Gasteiger partial charge is 0.497 e. The minimum atomic E-state index is -1.32. The van der Waals surface area contributed by atoms with Gasteiger partial charge in [-0.2, -0.15) is 0 Å². The number of carbonyl (C=O) groups is 1. The predicted molar refractivity (Wildman–Crippen MR) is 92.7 cm³/mol. The van der Waals surface area contributed by atoms with E-state index in [0.29, 0.717) is 5.75 Å².